The van der Waals surface area contributed by atoms with Gasteiger partial charge in [-0.25, -0.2) is 0 Å². The van der Waals surface area contributed by atoms with E-state index in [1.165, 1.54) is 4.88 Å². The van der Waals surface area contributed by atoms with Gasteiger partial charge < -0.3 is 5.11 Å². The summed E-state index contributed by atoms with van der Waals surface area (Å²) in [4.78, 5) is 14.7. The molecule has 1 aliphatic heterocycles. The molecule has 1 N–H and O–H groups in total. The standard InChI is InChI=1S/C12H17NO2S/c1-12(11(14)15)6-2-3-7-13(12)9-10-5-4-8-16-10/h4-5,8H,2-3,6-7,9H2,1H3,(H,14,15). The molecule has 4 heteroatoms. The first-order valence-corrected chi connectivity index (χ1v) is 6.52. The minimum absolute atomic E-state index is 0.678. The van der Waals surface area contributed by atoms with Gasteiger partial charge in [-0.3, -0.25) is 9.69 Å². The number of rotatable bonds is 3. The van der Waals surface area contributed by atoms with Crippen LogP contribution in [0.15, 0.2) is 17.5 Å². The summed E-state index contributed by atoms with van der Waals surface area (Å²) >= 11 is 1.69. The van der Waals surface area contributed by atoms with Gasteiger partial charge in [-0.05, 0) is 44.2 Å². The van der Waals surface area contributed by atoms with Crippen molar-refractivity contribution >= 4 is 17.3 Å². The fraction of sp³-hybridized carbons (Fsp3) is 0.583. The second-order valence-electron chi connectivity index (χ2n) is 4.54. The number of nitrogens with zero attached hydrogens (tertiary/aromatic N) is 1. The Labute approximate surface area is 99.7 Å². The first-order chi connectivity index (χ1) is 7.63. The van der Waals surface area contributed by atoms with Gasteiger partial charge in [0.15, 0.2) is 0 Å². The van der Waals surface area contributed by atoms with E-state index >= 15 is 0 Å². The summed E-state index contributed by atoms with van der Waals surface area (Å²) in [5.41, 5.74) is -0.678. The molecule has 2 heterocycles. The third kappa shape index (κ3) is 2.13. The highest BCUT2D eigenvalue weighted by atomic mass is 32.1. The second kappa shape index (κ2) is 4.55. The predicted octanol–water partition coefficient (Wildman–Crippen LogP) is 2.58. The lowest BCUT2D eigenvalue weighted by atomic mass is 9.88. The number of likely N-dealkylation sites (tertiary alicyclic amines) is 1. The number of carboxylic acid groups (broad SMARTS) is 1. The van der Waals surface area contributed by atoms with Crippen molar-refractivity contribution in [3.05, 3.63) is 22.4 Å². The molecule has 0 aromatic carbocycles. The minimum atomic E-state index is -0.691. The maximum atomic E-state index is 11.4. The molecule has 88 valence electrons. The molecule has 0 aliphatic carbocycles. The average Bonchev–Trinajstić information content (AvgIpc) is 2.74. The van der Waals surface area contributed by atoms with Crippen LogP contribution in [-0.2, 0) is 11.3 Å². The molecule has 0 spiro atoms. The number of thiophene rings is 1. The van der Waals surface area contributed by atoms with Crippen LogP contribution >= 0.6 is 11.3 Å². The zero-order valence-corrected chi connectivity index (χ0v) is 10.3. The van der Waals surface area contributed by atoms with E-state index in [-0.39, 0.29) is 0 Å². The monoisotopic (exact) mass is 239 g/mol. The van der Waals surface area contributed by atoms with Crippen molar-refractivity contribution in [3.8, 4) is 0 Å². The minimum Gasteiger partial charge on any atom is -0.480 e. The number of aliphatic carboxylic acids is 1. The Morgan fingerprint density at radius 3 is 3.06 bits per heavy atom. The molecule has 16 heavy (non-hydrogen) atoms. The van der Waals surface area contributed by atoms with Crippen molar-refractivity contribution in [1.82, 2.24) is 4.90 Å². The van der Waals surface area contributed by atoms with Crippen molar-refractivity contribution in [1.29, 1.82) is 0 Å². The first kappa shape index (κ1) is 11.6. The summed E-state index contributed by atoms with van der Waals surface area (Å²) in [5, 5.41) is 11.4. The Morgan fingerprint density at radius 2 is 2.44 bits per heavy atom. The van der Waals surface area contributed by atoms with E-state index in [1.807, 2.05) is 18.4 Å². The van der Waals surface area contributed by atoms with Gasteiger partial charge in [-0.1, -0.05) is 6.07 Å². The molecular formula is C12H17NO2S. The Bertz CT molecular complexity index is 363. The van der Waals surface area contributed by atoms with Gasteiger partial charge in [0.2, 0.25) is 0 Å². The van der Waals surface area contributed by atoms with Gasteiger partial charge >= 0.3 is 5.97 Å². The van der Waals surface area contributed by atoms with Crippen LogP contribution in [0.2, 0.25) is 0 Å². The van der Waals surface area contributed by atoms with Crippen LogP contribution in [0, 0.1) is 0 Å². The normalized spacial score (nSPS) is 26.8. The smallest absolute Gasteiger partial charge is 0.323 e. The van der Waals surface area contributed by atoms with E-state index in [9.17, 15) is 9.90 Å². The van der Waals surface area contributed by atoms with Gasteiger partial charge in [0.05, 0.1) is 0 Å². The SMILES string of the molecule is CC1(C(=O)O)CCCCN1Cc1cccs1. The molecular weight excluding hydrogens is 222 g/mol. The lowest BCUT2D eigenvalue weighted by Gasteiger charge is -2.41. The lowest BCUT2D eigenvalue weighted by Crippen LogP contribution is -2.54. The highest BCUT2D eigenvalue weighted by Gasteiger charge is 2.41. The largest absolute Gasteiger partial charge is 0.480 e. The van der Waals surface area contributed by atoms with Crippen LogP contribution < -0.4 is 0 Å². The molecule has 1 aromatic heterocycles. The summed E-state index contributed by atoms with van der Waals surface area (Å²) in [6, 6.07) is 4.09. The van der Waals surface area contributed by atoms with Crippen molar-refractivity contribution in [2.75, 3.05) is 6.54 Å². The van der Waals surface area contributed by atoms with Crippen molar-refractivity contribution in [2.45, 2.75) is 38.3 Å². The molecule has 1 unspecified atom stereocenters. The Balaban J connectivity index is 2.14. The summed E-state index contributed by atoms with van der Waals surface area (Å²) < 4.78 is 0. The number of carboxylic acids is 1. The van der Waals surface area contributed by atoms with Crippen LogP contribution in [0.3, 0.4) is 0 Å². The van der Waals surface area contributed by atoms with Crippen molar-refractivity contribution in [3.63, 3.8) is 0 Å². The van der Waals surface area contributed by atoms with Crippen molar-refractivity contribution in [2.24, 2.45) is 0 Å². The molecule has 1 saturated heterocycles. The van der Waals surface area contributed by atoms with Gasteiger partial charge in [0, 0.05) is 11.4 Å². The molecule has 1 aromatic rings. The molecule has 0 amide bonds. The average molecular weight is 239 g/mol. The maximum Gasteiger partial charge on any atom is 0.323 e. The topological polar surface area (TPSA) is 40.5 Å². The van der Waals surface area contributed by atoms with Gasteiger partial charge in [-0.2, -0.15) is 0 Å². The van der Waals surface area contributed by atoms with E-state index in [4.69, 9.17) is 0 Å². The van der Waals surface area contributed by atoms with Crippen LogP contribution in [0.25, 0.3) is 0 Å². The van der Waals surface area contributed by atoms with Crippen LogP contribution in [0.4, 0.5) is 0 Å². The van der Waals surface area contributed by atoms with Crippen molar-refractivity contribution < 1.29 is 9.90 Å². The van der Waals surface area contributed by atoms with Gasteiger partial charge in [0.25, 0.3) is 0 Å². The van der Waals surface area contributed by atoms with Crippen LogP contribution in [-0.4, -0.2) is 28.1 Å². The third-order valence-corrected chi connectivity index (χ3v) is 4.29. The molecule has 1 atom stereocenters. The van der Waals surface area contributed by atoms with Crippen LogP contribution in [0.1, 0.15) is 31.1 Å². The summed E-state index contributed by atoms with van der Waals surface area (Å²) in [7, 11) is 0. The van der Waals surface area contributed by atoms with Crippen LogP contribution in [0.5, 0.6) is 0 Å². The quantitative estimate of drug-likeness (QED) is 0.881. The molecule has 2 rings (SSSR count). The molecule has 0 radical (unpaired) electrons. The zero-order chi connectivity index (χ0) is 11.6. The summed E-state index contributed by atoms with van der Waals surface area (Å²) in [5.74, 6) is -0.691. The number of hydrogen-bond donors (Lipinski definition) is 1. The second-order valence-corrected chi connectivity index (χ2v) is 5.57. The number of piperidine rings is 1. The van der Waals surface area contributed by atoms with E-state index in [0.29, 0.717) is 0 Å². The lowest BCUT2D eigenvalue weighted by molar-refractivity contribution is -0.153. The highest BCUT2D eigenvalue weighted by Crippen LogP contribution is 2.30. The predicted molar refractivity (Wildman–Crippen MR) is 64.6 cm³/mol. The van der Waals surface area contributed by atoms with E-state index in [1.54, 1.807) is 11.3 Å². The molecule has 3 nitrogen and oxygen atoms in total. The molecule has 0 bridgehead atoms. The maximum absolute atomic E-state index is 11.4. The fourth-order valence-corrected chi connectivity index (χ4v) is 2.98. The highest BCUT2D eigenvalue weighted by molar-refractivity contribution is 7.09. The van der Waals surface area contributed by atoms with Gasteiger partial charge in [-0.15, -0.1) is 11.3 Å². The van der Waals surface area contributed by atoms with E-state index in [2.05, 4.69) is 11.0 Å². The van der Waals surface area contributed by atoms with E-state index < -0.39 is 11.5 Å². The summed E-state index contributed by atoms with van der Waals surface area (Å²) in [6.07, 6.45) is 2.88. The van der Waals surface area contributed by atoms with Gasteiger partial charge in [0.1, 0.15) is 5.54 Å². The third-order valence-electron chi connectivity index (χ3n) is 3.43. The Kier molecular flexibility index (Phi) is 3.30. The number of carbonyl (C=O) groups is 1. The molecule has 1 fully saturated rings. The Morgan fingerprint density at radius 1 is 1.62 bits per heavy atom. The van der Waals surface area contributed by atoms with E-state index in [0.717, 1.165) is 32.4 Å². The number of hydrogen-bond acceptors (Lipinski definition) is 3. The molecule has 1 aliphatic rings. The Hall–Kier alpha value is -0.870. The fourth-order valence-electron chi connectivity index (χ4n) is 2.26. The molecule has 0 saturated carbocycles. The zero-order valence-electron chi connectivity index (χ0n) is 9.48. The summed E-state index contributed by atoms with van der Waals surface area (Å²) in [6.45, 7) is 3.50. The first-order valence-electron chi connectivity index (χ1n) is 5.64.